The molecule has 1 aliphatic carbocycles. The Balaban J connectivity index is 1.69. The fourth-order valence-corrected chi connectivity index (χ4v) is 4.39. The molecule has 0 amide bonds. The number of fused-ring (bicyclic) bond motifs is 1. The van der Waals surface area contributed by atoms with Gasteiger partial charge in [-0.15, -0.1) is 4.80 Å². The SMILES string of the molecule is C=C(N/N=C(\C(C)=C/C)n1nccn1)/C(C=N)=C(/Nc1cccc2nc(C3CCCC3)ccc12)C(F)(F)F. The van der Waals surface area contributed by atoms with Crippen LogP contribution in [0.4, 0.5) is 18.9 Å². The molecule has 3 N–H and O–H groups in total. The number of allylic oxidation sites excluding steroid dienone is 4. The molecule has 2 aromatic heterocycles. The molecule has 0 saturated heterocycles. The summed E-state index contributed by atoms with van der Waals surface area (Å²) >= 11 is 0. The van der Waals surface area contributed by atoms with Crippen LogP contribution in [0.2, 0.25) is 0 Å². The molecule has 0 aliphatic heterocycles. The van der Waals surface area contributed by atoms with Crippen molar-refractivity contribution in [2.45, 2.75) is 51.6 Å². The molecule has 8 nitrogen and oxygen atoms in total. The summed E-state index contributed by atoms with van der Waals surface area (Å²) in [4.78, 5) is 5.97. The van der Waals surface area contributed by atoms with E-state index in [1.807, 2.05) is 6.07 Å². The number of hydrogen-bond donors (Lipinski definition) is 3. The molecular formula is C27H29F3N8. The normalized spacial score (nSPS) is 15.9. The number of nitrogens with zero attached hydrogens (tertiary/aromatic N) is 5. The van der Waals surface area contributed by atoms with Gasteiger partial charge in [0, 0.05) is 34.5 Å². The van der Waals surface area contributed by atoms with Crippen LogP contribution in [0.5, 0.6) is 0 Å². The van der Waals surface area contributed by atoms with E-state index in [1.54, 1.807) is 44.2 Å². The summed E-state index contributed by atoms with van der Waals surface area (Å²) in [6.07, 6.45) is 4.92. The molecule has 0 spiro atoms. The van der Waals surface area contributed by atoms with Crippen LogP contribution in [-0.4, -0.2) is 38.2 Å². The maximum Gasteiger partial charge on any atom is 0.431 e. The lowest BCUT2D eigenvalue weighted by molar-refractivity contribution is -0.0906. The van der Waals surface area contributed by atoms with E-state index in [1.165, 1.54) is 17.2 Å². The molecule has 0 atom stereocenters. The predicted octanol–water partition coefficient (Wildman–Crippen LogP) is 6.29. The molecule has 1 aliphatic rings. The highest BCUT2D eigenvalue weighted by atomic mass is 19.4. The second-order valence-corrected chi connectivity index (χ2v) is 8.96. The number of aromatic nitrogens is 4. The number of hydrazone groups is 1. The van der Waals surface area contributed by atoms with Crippen LogP contribution in [0.15, 0.2) is 83.0 Å². The number of halogens is 3. The lowest BCUT2D eigenvalue weighted by Gasteiger charge is -2.20. The highest BCUT2D eigenvalue weighted by molar-refractivity contribution is 5.98. The molecule has 38 heavy (non-hydrogen) atoms. The van der Waals surface area contributed by atoms with E-state index in [0.717, 1.165) is 31.4 Å². The van der Waals surface area contributed by atoms with Gasteiger partial charge in [0.25, 0.3) is 0 Å². The van der Waals surface area contributed by atoms with Crippen LogP contribution < -0.4 is 10.7 Å². The second kappa shape index (κ2) is 11.4. The van der Waals surface area contributed by atoms with Gasteiger partial charge in [0.05, 0.1) is 23.6 Å². The number of hydrogen-bond acceptors (Lipinski definition) is 7. The Kier molecular flexibility index (Phi) is 8.04. The first-order chi connectivity index (χ1) is 18.2. The third-order valence-corrected chi connectivity index (χ3v) is 6.50. The van der Waals surface area contributed by atoms with E-state index in [0.29, 0.717) is 28.6 Å². The zero-order valence-electron chi connectivity index (χ0n) is 21.2. The van der Waals surface area contributed by atoms with Gasteiger partial charge < -0.3 is 10.7 Å². The van der Waals surface area contributed by atoms with Crippen LogP contribution >= 0.6 is 0 Å². The summed E-state index contributed by atoms with van der Waals surface area (Å²) in [5.41, 5.74) is 3.15. The number of pyridine rings is 1. The number of nitrogens with one attached hydrogen (secondary N) is 3. The van der Waals surface area contributed by atoms with Crippen molar-refractivity contribution in [3.63, 3.8) is 0 Å². The standard InChI is InChI=1S/C27H29F3N8/c1-4-17(2)26(38-32-14-15-33-38)37-36-18(3)21(16-31)25(27(28,29)30)35-24-11-7-10-23-20(24)12-13-22(34-23)19-8-5-6-9-19/h4,7,10-16,19,31,35-36H,3,5-6,8-9H2,1-2H3/b17-4-,25-21+,31-16?,37-26+. The molecule has 0 radical (unpaired) electrons. The van der Waals surface area contributed by atoms with E-state index in [2.05, 4.69) is 32.6 Å². The predicted molar refractivity (Wildman–Crippen MR) is 143 cm³/mol. The van der Waals surface area contributed by atoms with Crippen molar-refractivity contribution in [2.24, 2.45) is 5.10 Å². The maximum atomic E-state index is 14.3. The topological polar surface area (TPSA) is 104 Å². The Morgan fingerprint density at radius 3 is 2.50 bits per heavy atom. The van der Waals surface area contributed by atoms with Gasteiger partial charge in [-0.25, -0.2) is 0 Å². The number of rotatable bonds is 8. The van der Waals surface area contributed by atoms with Gasteiger partial charge in [0.15, 0.2) is 5.84 Å². The van der Waals surface area contributed by atoms with E-state index in [-0.39, 0.29) is 17.2 Å². The third-order valence-electron chi connectivity index (χ3n) is 6.50. The molecular weight excluding hydrogens is 493 g/mol. The van der Waals surface area contributed by atoms with Gasteiger partial charge in [-0.3, -0.25) is 10.4 Å². The van der Waals surface area contributed by atoms with E-state index in [9.17, 15) is 13.2 Å². The van der Waals surface area contributed by atoms with Crippen LogP contribution in [0.25, 0.3) is 10.9 Å². The molecule has 0 unspecified atom stereocenters. The van der Waals surface area contributed by atoms with Gasteiger partial charge in [-0.05, 0) is 56.5 Å². The molecule has 0 bridgehead atoms. The zero-order chi connectivity index (χ0) is 27.3. The number of alkyl halides is 3. The van der Waals surface area contributed by atoms with Crippen LogP contribution in [0.3, 0.4) is 0 Å². The van der Waals surface area contributed by atoms with Crippen molar-refractivity contribution in [3.8, 4) is 0 Å². The van der Waals surface area contributed by atoms with Gasteiger partial charge in [0.1, 0.15) is 5.70 Å². The fraction of sp³-hybridized carbons (Fsp3) is 0.296. The molecule has 3 aromatic rings. The summed E-state index contributed by atoms with van der Waals surface area (Å²) in [7, 11) is 0. The van der Waals surface area contributed by atoms with Crippen molar-refractivity contribution in [2.75, 3.05) is 5.32 Å². The van der Waals surface area contributed by atoms with Crippen molar-refractivity contribution in [3.05, 3.63) is 83.6 Å². The summed E-state index contributed by atoms with van der Waals surface area (Å²) in [6.45, 7) is 7.25. The molecule has 198 valence electrons. The maximum absolute atomic E-state index is 14.3. The number of benzene rings is 1. The molecule has 1 saturated carbocycles. The summed E-state index contributed by atoms with van der Waals surface area (Å²) in [5, 5.41) is 23.1. The van der Waals surface area contributed by atoms with Gasteiger partial charge in [0.2, 0.25) is 0 Å². The Labute approximate surface area is 218 Å². The smallest absolute Gasteiger partial charge is 0.350 e. The monoisotopic (exact) mass is 522 g/mol. The lowest BCUT2D eigenvalue weighted by atomic mass is 10.0. The van der Waals surface area contributed by atoms with Crippen LogP contribution in [-0.2, 0) is 0 Å². The van der Waals surface area contributed by atoms with Gasteiger partial charge >= 0.3 is 6.18 Å². The van der Waals surface area contributed by atoms with Crippen molar-refractivity contribution in [1.29, 1.82) is 5.41 Å². The summed E-state index contributed by atoms with van der Waals surface area (Å²) < 4.78 is 42.9. The first kappa shape index (κ1) is 26.8. The van der Waals surface area contributed by atoms with Crippen molar-refractivity contribution in [1.82, 2.24) is 25.4 Å². The molecule has 4 rings (SSSR count). The first-order valence-electron chi connectivity index (χ1n) is 12.2. The highest BCUT2D eigenvalue weighted by Crippen LogP contribution is 2.36. The number of anilines is 1. The summed E-state index contributed by atoms with van der Waals surface area (Å²) in [6, 6.07) is 8.70. The minimum absolute atomic E-state index is 0.224. The fourth-order valence-electron chi connectivity index (χ4n) is 4.39. The van der Waals surface area contributed by atoms with E-state index >= 15 is 0 Å². The Morgan fingerprint density at radius 2 is 1.87 bits per heavy atom. The largest absolute Gasteiger partial charge is 0.431 e. The molecule has 1 aromatic carbocycles. The van der Waals surface area contributed by atoms with E-state index in [4.69, 9.17) is 10.4 Å². The van der Waals surface area contributed by atoms with Crippen LogP contribution in [0.1, 0.15) is 51.1 Å². The first-order valence-corrected chi connectivity index (χ1v) is 12.2. The average Bonchev–Trinajstić information content (AvgIpc) is 3.63. The van der Waals surface area contributed by atoms with E-state index < -0.39 is 17.4 Å². The Bertz CT molecular complexity index is 1410. The molecule has 11 heteroatoms. The minimum Gasteiger partial charge on any atom is -0.350 e. The minimum atomic E-state index is -4.81. The highest BCUT2D eigenvalue weighted by Gasteiger charge is 2.37. The Morgan fingerprint density at radius 1 is 1.16 bits per heavy atom. The second-order valence-electron chi connectivity index (χ2n) is 8.96. The lowest BCUT2D eigenvalue weighted by Crippen LogP contribution is -2.26. The zero-order valence-corrected chi connectivity index (χ0v) is 21.2. The van der Waals surface area contributed by atoms with Gasteiger partial charge in [-0.2, -0.15) is 28.5 Å². The quantitative estimate of drug-likeness (QED) is 0.140. The third kappa shape index (κ3) is 5.82. The average molecular weight is 523 g/mol. The van der Waals surface area contributed by atoms with Crippen molar-refractivity contribution >= 4 is 28.6 Å². The molecule has 1 fully saturated rings. The van der Waals surface area contributed by atoms with Crippen LogP contribution in [0, 0.1) is 5.41 Å². The van der Waals surface area contributed by atoms with Crippen molar-refractivity contribution < 1.29 is 13.2 Å². The Hall–Kier alpha value is -4.28. The molecule has 2 heterocycles. The van der Waals surface area contributed by atoms with Gasteiger partial charge in [-0.1, -0.05) is 31.6 Å². The summed E-state index contributed by atoms with van der Waals surface area (Å²) in [5.74, 6) is 0.650.